The number of fused-ring (bicyclic) bond motifs is 1. The van der Waals surface area contributed by atoms with Gasteiger partial charge in [0, 0.05) is 11.1 Å². The molecule has 8 bridgehead atoms. The van der Waals surface area contributed by atoms with Crippen molar-refractivity contribution in [2.24, 2.45) is 0 Å². The average molecular weight is 693 g/mol. The molecule has 7 aliphatic rings. The maximum absolute atomic E-state index is 5.77. The second-order valence-corrected chi connectivity index (χ2v) is 10.6. The van der Waals surface area contributed by atoms with Crippen LogP contribution in [-0.2, 0) is 28.4 Å². The van der Waals surface area contributed by atoms with Gasteiger partial charge in [-0.2, -0.15) is 0 Å². The fourth-order valence-electron chi connectivity index (χ4n) is 4.44. The first-order valence-corrected chi connectivity index (χ1v) is 16.7. The zero-order chi connectivity index (χ0) is 34.3. The predicted molar refractivity (Wildman–Crippen MR) is 182 cm³/mol. The minimum Gasteiger partial charge on any atom is -0.491 e. The van der Waals surface area contributed by atoms with Gasteiger partial charge in [-0.1, -0.05) is 0 Å². The van der Waals surface area contributed by atoms with Gasteiger partial charge in [-0.3, -0.25) is 0 Å². The summed E-state index contributed by atoms with van der Waals surface area (Å²) in [4.78, 5) is 17.7. The summed E-state index contributed by atoms with van der Waals surface area (Å²) in [5, 5.41) is 0. The molecule has 0 N–H and O–H groups in total. The molecule has 0 saturated carbocycles. The highest BCUT2D eigenvalue weighted by atomic mass is 16.6. The molecule has 2 aromatic carbocycles. The summed E-state index contributed by atoms with van der Waals surface area (Å²) in [5.74, 6) is 3.79. The van der Waals surface area contributed by atoms with Crippen molar-refractivity contribution in [1.82, 2.24) is 19.9 Å². The van der Waals surface area contributed by atoms with Gasteiger partial charge in [0.05, 0.1) is 104 Å². The Balaban J connectivity index is 1.03. The molecule has 11 rings (SSSR count). The molecule has 4 aromatic rings. The minimum absolute atomic E-state index is 0.368. The predicted octanol–water partition coefficient (Wildman–Crippen LogP) is 3.93. The Hall–Kier alpha value is -4.44. The number of hydrogen-bond acceptors (Lipinski definition) is 14. The van der Waals surface area contributed by atoms with Crippen molar-refractivity contribution >= 4 is 0 Å². The lowest BCUT2D eigenvalue weighted by atomic mass is 10.2. The Bertz CT molecular complexity index is 1350. The molecular formula is C36H44N4O10. The Morgan fingerprint density at radius 1 is 0.280 bits per heavy atom. The molecule has 9 heterocycles. The third-order valence-corrected chi connectivity index (χ3v) is 6.95. The fraction of sp³-hybridized carbons (Fsp3) is 0.444. The zero-order valence-electron chi connectivity index (χ0n) is 28.1. The molecular weight excluding hydrogens is 648 g/mol. The van der Waals surface area contributed by atoms with Crippen molar-refractivity contribution in [3.8, 4) is 45.8 Å². The second-order valence-electron chi connectivity index (χ2n) is 10.6. The lowest BCUT2D eigenvalue weighted by Crippen LogP contribution is -2.14. The molecule has 0 atom stereocenters. The standard InChI is InChI=1S/C36H44N4O10/c1-5-31-6-2-29(1)35-37-25-33(26-38-35)49-23-19-45-15-16-46-20-24-50-34-27-39-36(40-28-34)30-3-7-32(8-4-30)48-22-18-44-14-12-42-10-9-41-11-13-43-17-21-47-31/h1-8,25-28H,9-24H2. The van der Waals surface area contributed by atoms with E-state index in [0.29, 0.717) is 129 Å². The van der Waals surface area contributed by atoms with Gasteiger partial charge in [-0.25, -0.2) is 19.9 Å². The van der Waals surface area contributed by atoms with Gasteiger partial charge < -0.3 is 47.4 Å². The van der Waals surface area contributed by atoms with Gasteiger partial charge in [-0.15, -0.1) is 0 Å². The van der Waals surface area contributed by atoms with Crippen LogP contribution < -0.4 is 18.9 Å². The molecule has 0 spiro atoms. The number of rotatable bonds is 0. The number of nitrogens with zero attached hydrogens (tertiary/aromatic N) is 4. The van der Waals surface area contributed by atoms with E-state index in [-0.39, 0.29) is 0 Å². The molecule has 0 saturated heterocycles. The molecule has 0 aliphatic carbocycles. The maximum atomic E-state index is 5.77. The summed E-state index contributed by atoms with van der Waals surface area (Å²) in [6.45, 7) is 7.07. The van der Waals surface area contributed by atoms with E-state index < -0.39 is 0 Å². The number of hydrogen-bond donors (Lipinski definition) is 0. The van der Waals surface area contributed by atoms with Crippen molar-refractivity contribution in [3.05, 3.63) is 73.3 Å². The Morgan fingerprint density at radius 3 is 0.800 bits per heavy atom. The Kier molecular flexibility index (Phi) is 16.4. The minimum atomic E-state index is 0.368. The molecule has 268 valence electrons. The third kappa shape index (κ3) is 13.8. The quantitative estimate of drug-likeness (QED) is 0.263. The van der Waals surface area contributed by atoms with Crippen LogP contribution in [0.2, 0.25) is 0 Å². The normalized spacial score (nSPS) is 17.3. The molecule has 14 heteroatoms. The number of aromatic nitrogens is 4. The van der Waals surface area contributed by atoms with Crippen molar-refractivity contribution in [2.75, 3.05) is 106 Å². The van der Waals surface area contributed by atoms with Crippen molar-refractivity contribution in [1.29, 1.82) is 0 Å². The van der Waals surface area contributed by atoms with Crippen LogP contribution in [0.5, 0.6) is 23.0 Å². The number of benzene rings is 2. The summed E-state index contributed by atoms with van der Waals surface area (Å²) in [6, 6.07) is 15.2. The van der Waals surface area contributed by atoms with Gasteiger partial charge in [0.25, 0.3) is 0 Å². The van der Waals surface area contributed by atoms with Crippen molar-refractivity contribution in [2.45, 2.75) is 0 Å². The highest BCUT2D eigenvalue weighted by Crippen LogP contribution is 2.21. The summed E-state index contributed by atoms with van der Waals surface area (Å²) in [6.07, 6.45) is 6.58. The van der Waals surface area contributed by atoms with Crippen molar-refractivity contribution in [3.63, 3.8) is 0 Å². The highest BCUT2D eigenvalue weighted by molar-refractivity contribution is 5.57. The zero-order valence-corrected chi connectivity index (χ0v) is 28.1. The molecule has 0 amide bonds. The summed E-state index contributed by atoms with van der Waals surface area (Å²) < 4.78 is 56.4. The van der Waals surface area contributed by atoms with Crippen LogP contribution >= 0.6 is 0 Å². The summed E-state index contributed by atoms with van der Waals surface area (Å²) >= 11 is 0. The van der Waals surface area contributed by atoms with Gasteiger partial charge in [0.15, 0.2) is 23.1 Å². The summed E-state index contributed by atoms with van der Waals surface area (Å²) in [5.41, 5.74) is 1.74. The molecule has 50 heavy (non-hydrogen) atoms. The SMILES string of the molecule is c1cc2ccc1OCCOCCOCCOCCOCCOc1ccc(cc1)-c1ncc(cn1)OCCOCCOCCOc1cnc-2nc1. The first-order valence-electron chi connectivity index (χ1n) is 16.7. The van der Waals surface area contributed by atoms with E-state index in [4.69, 9.17) is 47.4 Å². The lowest BCUT2D eigenvalue weighted by molar-refractivity contribution is -0.00698. The van der Waals surface area contributed by atoms with E-state index in [1.165, 1.54) is 0 Å². The maximum Gasteiger partial charge on any atom is 0.159 e. The fourth-order valence-corrected chi connectivity index (χ4v) is 4.44. The van der Waals surface area contributed by atoms with E-state index in [1.54, 1.807) is 24.8 Å². The number of ether oxygens (including phenoxy) is 10. The van der Waals surface area contributed by atoms with Gasteiger partial charge in [0.1, 0.15) is 37.9 Å². The van der Waals surface area contributed by atoms with E-state index in [2.05, 4.69) is 19.9 Å². The largest absolute Gasteiger partial charge is 0.491 e. The monoisotopic (exact) mass is 692 g/mol. The van der Waals surface area contributed by atoms with Crippen molar-refractivity contribution < 1.29 is 47.4 Å². The third-order valence-electron chi connectivity index (χ3n) is 6.95. The van der Waals surface area contributed by atoms with Crippen LogP contribution in [0.25, 0.3) is 22.8 Å². The smallest absolute Gasteiger partial charge is 0.159 e. The Labute approximate surface area is 291 Å². The molecule has 0 radical (unpaired) electrons. The molecule has 0 unspecified atom stereocenters. The average Bonchev–Trinajstić information content (AvgIpc) is 3.16. The highest BCUT2D eigenvalue weighted by Gasteiger charge is 2.06. The van der Waals surface area contributed by atoms with Crippen LogP contribution in [0.15, 0.2) is 73.3 Å². The van der Waals surface area contributed by atoms with Crippen LogP contribution in [0.3, 0.4) is 0 Å². The van der Waals surface area contributed by atoms with Crippen LogP contribution in [0, 0.1) is 0 Å². The van der Waals surface area contributed by atoms with Gasteiger partial charge in [0.2, 0.25) is 0 Å². The van der Waals surface area contributed by atoms with E-state index in [0.717, 1.165) is 22.6 Å². The Morgan fingerprint density at radius 2 is 0.520 bits per heavy atom. The van der Waals surface area contributed by atoms with E-state index in [1.807, 2.05) is 48.5 Å². The molecule has 0 fully saturated rings. The molecule has 2 aromatic heterocycles. The van der Waals surface area contributed by atoms with Crippen LogP contribution in [0.4, 0.5) is 0 Å². The summed E-state index contributed by atoms with van der Waals surface area (Å²) in [7, 11) is 0. The van der Waals surface area contributed by atoms with Gasteiger partial charge in [-0.05, 0) is 48.5 Å². The lowest BCUT2D eigenvalue weighted by Gasteiger charge is -2.10. The van der Waals surface area contributed by atoms with Crippen LogP contribution in [-0.4, -0.2) is 126 Å². The molecule has 14 nitrogen and oxygen atoms in total. The molecule has 7 aliphatic heterocycles. The van der Waals surface area contributed by atoms with Gasteiger partial charge >= 0.3 is 0 Å². The first-order chi connectivity index (χ1) is 24.8. The van der Waals surface area contributed by atoms with Crippen LogP contribution in [0.1, 0.15) is 0 Å². The topological polar surface area (TPSA) is 144 Å². The first kappa shape index (κ1) is 36.8. The van der Waals surface area contributed by atoms with E-state index in [9.17, 15) is 0 Å². The van der Waals surface area contributed by atoms with E-state index >= 15 is 0 Å². The second kappa shape index (κ2) is 22.3.